The van der Waals surface area contributed by atoms with E-state index in [1.54, 1.807) is 11.3 Å². The topological polar surface area (TPSA) is 29.1 Å². The van der Waals surface area contributed by atoms with E-state index in [9.17, 15) is 4.79 Å². The second-order valence-corrected chi connectivity index (χ2v) is 6.94. The summed E-state index contributed by atoms with van der Waals surface area (Å²) >= 11 is 1.73. The lowest BCUT2D eigenvalue weighted by molar-refractivity contribution is -0.122. The van der Waals surface area contributed by atoms with Crippen LogP contribution in [0.4, 0.5) is 0 Å². The number of nitrogens with one attached hydrogen (secondary N) is 1. The Bertz CT molecular complexity index is 439. The molecule has 1 aromatic rings. The predicted molar refractivity (Wildman–Crippen MR) is 74.5 cm³/mol. The first-order valence-electron chi connectivity index (χ1n) is 7.02. The molecule has 1 N–H and O–H groups in total. The van der Waals surface area contributed by atoms with Gasteiger partial charge in [-0.2, -0.15) is 0 Å². The molecule has 0 aliphatic heterocycles. The quantitative estimate of drug-likeness (QED) is 0.885. The van der Waals surface area contributed by atoms with E-state index < -0.39 is 0 Å². The maximum absolute atomic E-state index is 12.0. The fraction of sp³-hybridized carbons (Fsp3) is 0.667. The molecule has 1 aromatic heterocycles. The van der Waals surface area contributed by atoms with Crippen LogP contribution in [0.1, 0.15) is 42.5 Å². The van der Waals surface area contributed by atoms with Gasteiger partial charge >= 0.3 is 0 Å². The van der Waals surface area contributed by atoms with E-state index in [0.29, 0.717) is 12.5 Å². The Labute approximate surface area is 113 Å². The summed E-state index contributed by atoms with van der Waals surface area (Å²) in [5, 5.41) is 5.17. The normalized spacial score (nSPS) is 29.7. The van der Waals surface area contributed by atoms with Crippen LogP contribution in [0, 0.1) is 24.7 Å². The number of carbonyl (C=O) groups is 1. The van der Waals surface area contributed by atoms with Crippen LogP contribution in [0.3, 0.4) is 0 Å². The first-order chi connectivity index (χ1) is 8.72. The predicted octanol–water partition coefficient (Wildman–Crippen LogP) is 3.50. The van der Waals surface area contributed by atoms with E-state index in [1.807, 2.05) is 0 Å². The molecule has 0 spiro atoms. The lowest BCUT2D eigenvalue weighted by Crippen LogP contribution is -2.26. The van der Waals surface area contributed by atoms with Gasteiger partial charge < -0.3 is 5.32 Å². The molecule has 2 fully saturated rings. The van der Waals surface area contributed by atoms with Crippen molar-refractivity contribution in [1.82, 2.24) is 5.32 Å². The zero-order chi connectivity index (χ0) is 12.5. The average molecular weight is 263 g/mol. The Morgan fingerprint density at radius 2 is 2.33 bits per heavy atom. The van der Waals surface area contributed by atoms with Gasteiger partial charge in [0.15, 0.2) is 0 Å². The molecular weight excluding hydrogens is 242 g/mol. The molecule has 3 atom stereocenters. The lowest BCUT2D eigenvalue weighted by Gasteiger charge is -2.20. The highest BCUT2D eigenvalue weighted by Gasteiger charge is 2.39. The SMILES string of the molecule is Cc1ccsc1CNC(=O)CC1CC2CCC1C2. The molecule has 2 bridgehead atoms. The fourth-order valence-corrected chi connectivity index (χ4v) is 4.55. The molecule has 3 unspecified atom stereocenters. The fourth-order valence-electron chi connectivity index (χ4n) is 3.70. The van der Waals surface area contributed by atoms with Gasteiger partial charge in [0.1, 0.15) is 0 Å². The Morgan fingerprint density at radius 3 is 2.94 bits per heavy atom. The first-order valence-corrected chi connectivity index (χ1v) is 7.90. The Morgan fingerprint density at radius 1 is 1.44 bits per heavy atom. The molecule has 2 aliphatic carbocycles. The van der Waals surface area contributed by atoms with Crippen molar-refractivity contribution in [2.24, 2.45) is 17.8 Å². The van der Waals surface area contributed by atoms with Crippen LogP contribution in [-0.4, -0.2) is 5.91 Å². The number of aryl methyl sites for hydroxylation is 1. The summed E-state index contributed by atoms with van der Waals surface area (Å²) in [6.45, 7) is 2.82. The smallest absolute Gasteiger partial charge is 0.220 e. The summed E-state index contributed by atoms with van der Waals surface area (Å²) in [7, 11) is 0. The molecule has 98 valence electrons. The maximum Gasteiger partial charge on any atom is 0.220 e. The zero-order valence-corrected chi connectivity index (χ0v) is 11.8. The molecule has 18 heavy (non-hydrogen) atoms. The number of hydrogen-bond donors (Lipinski definition) is 1. The Balaban J connectivity index is 1.46. The third kappa shape index (κ3) is 2.46. The molecule has 2 nitrogen and oxygen atoms in total. The van der Waals surface area contributed by atoms with E-state index in [1.165, 1.54) is 36.1 Å². The number of hydrogen-bond acceptors (Lipinski definition) is 2. The zero-order valence-electron chi connectivity index (χ0n) is 10.9. The second-order valence-electron chi connectivity index (χ2n) is 5.94. The molecule has 2 saturated carbocycles. The highest BCUT2D eigenvalue weighted by molar-refractivity contribution is 7.10. The molecule has 3 rings (SSSR count). The molecule has 1 heterocycles. The van der Waals surface area contributed by atoms with Crippen LogP contribution in [-0.2, 0) is 11.3 Å². The van der Waals surface area contributed by atoms with Crippen molar-refractivity contribution in [3.63, 3.8) is 0 Å². The van der Waals surface area contributed by atoms with Crippen LogP contribution < -0.4 is 5.32 Å². The van der Waals surface area contributed by atoms with Gasteiger partial charge in [0, 0.05) is 11.3 Å². The van der Waals surface area contributed by atoms with Gasteiger partial charge in [-0.25, -0.2) is 0 Å². The van der Waals surface area contributed by atoms with Crippen LogP contribution in [0.25, 0.3) is 0 Å². The molecular formula is C15H21NOS. The maximum atomic E-state index is 12.0. The van der Waals surface area contributed by atoms with E-state index in [2.05, 4.69) is 23.7 Å². The third-order valence-electron chi connectivity index (χ3n) is 4.75. The minimum atomic E-state index is 0.250. The highest BCUT2D eigenvalue weighted by atomic mass is 32.1. The monoisotopic (exact) mass is 263 g/mol. The molecule has 0 saturated heterocycles. The van der Waals surface area contributed by atoms with Gasteiger partial charge in [-0.3, -0.25) is 4.79 Å². The summed E-state index contributed by atoms with van der Waals surface area (Å²) in [5.74, 6) is 2.71. The lowest BCUT2D eigenvalue weighted by atomic mass is 9.86. The number of amides is 1. The summed E-state index contributed by atoms with van der Waals surface area (Å²) in [4.78, 5) is 13.3. The average Bonchev–Trinajstić information content (AvgIpc) is 3.03. The van der Waals surface area contributed by atoms with Crippen molar-refractivity contribution in [1.29, 1.82) is 0 Å². The van der Waals surface area contributed by atoms with Gasteiger partial charge in [0.05, 0.1) is 6.54 Å². The van der Waals surface area contributed by atoms with Gasteiger partial charge in [-0.15, -0.1) is 11.3 Å². The Kier molecular flexibility index (Phi) is 3.42. The summed E-state index contributed by atoms with van der Waals surface area (Å²) in [6.07, 6.45) is 6.23. The Hall–Kier alpha value is -0.830. The van der Waals surface area contributed by atoms with Crippen molar-refractivity contribution in [3.8, 4) is 0 Å². The molecule has 0 radical (unpaired) electrons. The van der Waals surface area contributed by atoms with Gasteiger partial charge in [0.25, 0.3) is 0 Å². The van der Waals surface area contributed by atoms with Crippen molar-refractivity contribution >= 4 is 17.2 Å². The van der Waals surface area contributed by atoms with Gasteiger partial charge in [0.2, 0.25) is 5.91 Å². The number of rotatable bonds is 4. The van der Waals surface area contributed by atoms with Gasteiger partial charge in [-0.1, -0.05) is 6.42 Å². The van der Waals surface area contributed by atoms with Crippen molar-refractivity contribution in [2.75, 3.05) is 0 Å². The minimum Gasteiger partial charge on any atom is -0.351 e. The van der Waals surface area contributed by atoms with Crippen LogP contribution in [0.15, 0.2) is 11.4 Å². The van der Waals surface area contributed by atoms with Crippen LogP contribution in [0.2, 0.25) is 0 Å². The summed E-state index contributed by atoms with van der Waals surface area (Å²) < 4.78 is 0. The van der Waals surface area contributed by atoms with Gasteiger partial charge in [-0.05, 0) is 60.9 Å². The number of carbonyl (C=O) groups excluding carboxylic acids is 1. The van der Waals surface area contributed by atoms with Crippen molar-refractivity contribution < 1.29 is 4.79 Å². The molecule has 3 heteroatoms. The number of fused-ring (bicyclic) bond motifs is 2. The van der Waals surface area contributed by atoms with Crippen LogP contribution >= 0.6 is 11.3 Å². The first kappa shape index (κ1) is 12.2. The van der Waals surface area contributed by atoms with Crippen LogP contribution in [0.5, 0.6) is 0 Å². The van der Waals surface area contributed by atoms with E-state index in [4.69, 9.17) is 0 Å². The number of thiophene rings is 1. The van der Waals surface area contributed by atoms with E-state index >= 15 is 0 Å². The molecule has 1 amide bonds. The third-order valence-corrected chi connectivity index (χ3v) is 5.77. The standard InChI is InChI=1S/C15H21NOS/c1-10-4-5-18-14(10)9-16-15(17)8-13-7-11-2-3-12(13)6-11/h4-5,11-13H,2-3,6-9H2,1H3,(H,16,17). The minimum absolute atomic E-state index is 0.250. The van der Waals surface area contributed by atoms with E-state index in [0.717, 1.165) is 18.3 Å². The largest absolute Gasteiger partial charge is 0.351 e. The summed E-state index contributed by atoms with van der Waals surface area (Å²) in [5.41, 5.74) is 1.29. The molecule has 0 aromatic carbocycles. The second kappa shape index (κ2) is 5.04. The van der Waals surface area contributed by atoms with Crippen molar-refractivity contribution in [2.45, 2.75) is 45.6 Å². The molecule has 2 aliphatic rings. The highest BCUT2D eigenvalue weighted by Crippen LogP contribution is 2.49. The van der Waals surface area contributed by atoms with E-state index in [-0.39, 0.29) is 5.91 Å². The van der Waals surface area contributed by atoms with Crippen molar-refractivity contribution in [3.05, 3.63) is 21.9 Å². The summed E-state index contributed by atoms with van der Waals surface area (Å²) in [6, 6.07) is 2.11.